The van der Waals surface area contributed by atoms with Crippen LogP contribution in [0.15, 0.2) is 0 Å². The van der Waals surface area contributed by atoms with Gasteiger partial charge in [-0.2, -0.15) is 13.1 Å². The highest BCUT2D eigenvalue weighted by Gasteiger charge is 2.63. The van der Waals surface area contributed by atoms with Crippen molar-refractivity contribution in [2.45, 2.75) is 31.2 Å². The largest absolute Gasteiger partial charge is 0.483 e. The number of hydrogen-bond acceptors (Lipinski definition) is 9. The zero-order valence-electron chi connectivity index (χ0n) is 11.5. The lowest BCUT2D eigenvalue weighted by Gasteiger charge is -2.25. The van der Waals surface area contributed by atoms with E-state index in [0.717, 1.165) is 0 Å². The number of esters is 3. The van der Waals surface area contributed by atoms with E-state index in [-0.39, 0.29) is 23.7 Å². The molecule has 5 atom stereocenters. The first-order valence-electron chi connectivity index (χ1n) is 6.77. The third-order valence-electron chi connectivity index (χ3n) is 4.38. The molecule has 8 nitrogen and oxygen atoms in total. The van der Waals surface area contributed by atoms with Gasteiger partial charge in [-0.3, -0.25) is 4.79 Å². The van der Waals surface area contributed by atoms with Crippen LogP contribution in [0.4, 0.5) is 8.78 Å². The van der Waals surface area contributed by atoms with Crippen molar-refractivity contribution in [3.8, 4) is 0 Å². The van der Waals surface area contributed by atoms with Crippen molar-refractivity contribution >= 4 is 30.8 Å². The molecule has 3 rings (SSSR count). The number of thiol groups is 1. The Morgan fingerprint density at radius 3 is 2.78 bits per heavy atom. The Bertz CT molecular complexity index is 541. The smallest absolute Gasteiger partial charge is 0.458 e. The number of alkyl halides is 2. The predicted octanol–water partition coefficient (Wildman–Crippen LogP) is 0.409. The molecule has 2 bridgehead atoms. The zero-order chi connectivity index (χ0) is 16.8. The van der Waals surface area contributed by atoms with Gasteiger partial charge in [0.2, 0.25) is 0 Å². The summed E-state index contributed by atoms with van der Waals surface area (Å²) in [6.45, 7) is -1.03. The Kier molecular flexibility index (Phi) is 4.19. The van der Waals surface area contributed by atoms with E-state index in [0.29, 0.717) is 12.8 Å². The second-order valence-electron chi connectivity index (χ2n) is 5.61. The molecule has 1 saturated heterocycles. The van der Waals surface area contributed by atoms with Crippen LogP contribution in [0, 0.1) is 17.8 Å². The normalized spacial score (nSPS) is 34.4. The first kappa shape index (κ1) is 16.4. The van der Waals surface area contributed by atoms with Crippen LogP contribution in [0.3, 0.4) is 0 Å². The number of hydrogen-bond donors (Lipinski definition) is 1. The van der Waals surface area contributed by atoms with Crippen molar-refractivity contribution in [3.05, 3.63) is 0 Å². The van der Waals surface area contributed by atoms with Gasteiger partial charge in [0.25, 0.3) is 0 Å². The van der Waals surface area contributed by atoms with Crippen LogP contribution in [-0.4, -0.2) is 42.8 Å². The maximum atomic E-state index is 12.9. The van der Waals surface area contributed by atoms with Gasteiger partial charge in [-0.05, 0) is 12.8 Å². The number of ether oxygens (including phenoxy) is 3. The molecular formula is C12H12F2O8S. The number of fused-ring (bicyclic) bond motifs is 1. The molecule has 0 amide bonds. The van der Waals surface area contributed by atoms with Crippen molar-refractivity contribution < 1.29 is 46.6 Å². The average Bonchev–Trinajstić information content (AvgIpc) is 3.09. The highest BCUT2D eigenvalue weighted by atomic mass is 32.1. The van der Waals surface area contributed by atoms with Gasteiger partial charge >= 0.3 is 24.0 Å². The van der Waals surface area contributed by atoms with Crippen LogP contribution < -0.4 is 0 Å². The van der Waals surface area contributed by atoms with Crippen molar-refractivity contribution in [1.82, 2.24) is 0 Å². The Balaban J connectivity index is 1.49. The van der Waals surface area contributed by atoms with Crippen LogP contribution in [0.25, 0.3) is 0 Å². The van der Waals surface area contributed by atoms with E-state index >= 15 is 0 Å². The van der Waals surface area contributed by atoms with Gasteiger partial charge in [0.05, 0.1) is 5.92 Å². The van der Waals surface area contributed by atoms with Gasteiger partial charge in [-0.1, -0.05) is 0 Å². The SMILES string of the molecule is O=C(COC(=O)C(F)(F)OOS)OC1C2CC3C(=O)OC1C3C2. The highest BCUT2D eigenvalue weighted by Crippen LogP contribution is 2.55. The molecule has 11 heteroatoms. The van der Waals surface area contributed by atoms with Crippen molar-refractivity contribution in [3.63, 3.8) is 0 Å². The van der Waals surface area contributed by atoms with E-state index in [1.54, 1.807) is 0 Å². The van der Waals surface area contributed by atoms with Gasteiger partial charge in [-0.15, -0.1) is 4.89 Å². The lowest BCUT2D eigenvalue weighted by Crippen LogP contribution is -2.38. The molecule has 0 N–H and O–H groups in total. The van der Waals surface area contributed by atoms with E-state index in [2.05, 4.69) is 26.9 Å². The minimum Gasteiger partial charge on any atom is -0.458 e. The third-order valence-corrected chi connectivity index (χ3v) is 4.46. The van der Waals surface area contributed by atoms with Crippen molar-refractivity contribution in [2.75, 3.05) is 6.61 Å². The molecular weight excluding hydrogens is 342 g/mol. The topological polar surface area (TPSA) is 97.4 Å². The lowest BCUT2D eigenvalue weighted by molar-refractivity contribution is -0.369. The van der Waals surface area contributed by atoms with Gasteiger partial charge in [0.1, 0.15) is 12.2 Å². The summed E-state index contributed by atoms with van der Waals surface area (Å²) in [4.78, 5) is 37.5. The van der Waals surface area contributed by atoms with E-state index < -0.39 is 36.9 Å². The van der Waals surface area contributed by atoms with Crippen molar-refractivity contribution in [1.29, 1.82) is 0 Å². The minimum atomic E-state index is -4.40. The van der Waals surface area contributed by atoms with Gasteiger partial charge in [-0.25, -0.2) is 9.59 Å². The Hall–Kier alpha value is -1.46. The molecule has 0 spiro atoms. The van der Waals surface area contributed by atoms with Gasteiger partial charge < -0.3 is 14.2 Å². The van der Waals surface area contributed by atoms with Crippen LogP contribution in [0.2, 0.25) is 0 Å². The first-order valence-corrected chi connectivity index (χ1v) is 7.14. The lowest BCUT2D eigenvalue weighted by atomic mass is 9.88. The molecule has 2 saturated carbocycles. The standard InChI is InChI=1S/C12H12F2O8S/c13-12(14,21-22-23)11(17)18-3-7(15)19-8-4-1-5-6(2-4)10(16)20-9(5)8/h4-6,8-9,23H,1-3H2. The fraction of sp³-hybridized carbons (Fsp3) is 0.750. The molecule has 0 radical (unpaired) electrons. The second kappa shape index (κ2) is 5.87. The van der Waals surface area contributed by atoms with E-state index in [9.17, 15) is 23.2 Å². The summed E-state index contributed by atoms with van der Waals surface area (Å²) in [6.07, 6.45) is -4.25. The predicted molar refractivity (Wildman–Crippen MR) is 66.5 cm³/mol. The molecule has 1 heterocycles. The summed E-state index contributed by atoms with van der Waals surface area (Å²) >= 11 is 2.91. The molecule has 0 aromatic rings. The quantitative estimate of drug-likeness (QED) is 0.183. The highest BCUT2D eigenvalue weighted by molar-refractivity contribution is 7.74. The monoisotopic (exact) mass is 354 g/mol. The van der Waals surface area contributed by atoms with Crippen LogP contribution in [0.1, 0.15) is 12.8 Å². The van der Waals surface area contributed by atoms with E-state index in [4.69, 9.17) is 9.47 Å². The van der Waals surface area contributed by atoms with Gasteiger partial charge in [0.15, 0.2) is 6.61 Å². The Labute approximate surface area is 133 Å². The summed E-state index contributed by atoms with van der Waals surface area (Å²) in [6, 6.07) is 0. The van der Waals surface area contributed by atoms with Gasteiger partial charge in [0, 0.05) is 24.7 Å². The van der Waals surface area contributed by atoms with E-state index in [1.165, 1.54) is 0 Å². The minimum absolute atomic E-state index is 0.0107. The number of carbonyl (C=O) groups is 3. The maximum absolute atomic E-state index is 12.9. The molecule has 2 aliphatic carbocycles. The Morgan fingerprint density at radius 1 is 1.35 bits per heavy atom. The van der Waals surface area contributed by atoms with Crippen LogP contribution >= 0.6 is 12.9 Å². The van der Waals surface area contributed by atoms with Crippen LogP contribution in [-0.2, 0) is 37.8 Å². The number of carbonyl (C=O) groups excluding carboxylic acids is 3. The first-order chi connectivity index (χ1) is 10.8. The molecule has 0 aromatic carbocycles. The summed E-state index contributed by atoms with van der Waals surface area (Å²) in [5, 5.41) is 0. The fourth-order valence-electron chi connectivity index (χ4n) is 3.54. The summed E-state index contributed by atoms with van der Waals surface area (Å²) in [5.74, 6) is -3.56. The molecule has 128 valence electrons. The number of halogens is 2. The molecule has 5 unspecified atom stereocenters. The Morgan fingerprint density at radius 2 is 2.09 bits per heavy atom. The van der Waals surface area contributed by atoms with Crippen molar-refractivity contribution in [2.24, 2.45) is 17.8 Å². The third kappa shape index (κ3) is 2.88. The fourth-order valence-corrected chi connectivity index (χ4v) is 3.63. The summed E-state index contributed by atoms with van der Waals surface area (Å²) < 4.78 is 43.6. The van der Waals surface area contributed by atoms with Crippen LogP contribution in [0.5, 0.6) is 0 Å². The second-order valence-corrected chi connectivity index (χ2v) is 5.76. The summed E-state index contributed by atoms with van der Waals surface area (Å²) in [7, 11) is 0. The average molecular weight is 354 g/mol. The molecule has 3 fully saturated rings. The molecule has 3 aliphatic rings. The molecule has 1 aliphatic heterocycles. The number of rotatable bonds is 6. The summed E-state index contributed by atoms with van der Waals surface area (Å²) in [5.41, 5.74) is 0. The molecule has 0 aromatic heterocycles. The molecule has 23 heavy (non-hydrogen) atoms. The van der Waals surface area contributed by atoms with E-state index in [1.807, 2.05) is 0 Å². The zero-order valence-corrected chi connectivity index (χ0v) is 12.4. The maximum Gasteiger partial charge on any atom is 0.483 e.